The summed E-state index contributed by atoms with van der Waals surface area (Å²) in [7, 11) is 0. The lowest BCUT2D eigenvalue weighted by Crippen LogP contribution is -2.48. The molecule has 5 nitrogen and oxygen atoms in total. The summed E-state index contributed by atoms with van der Waals surface area (Å²) in [5, 5.41) is 4.32. The molecule has 1 unspecified atom stereocenters. The number of anilines is 1. The minimum Gasteiger partial charge on any atom is -0.354 e. The molecule has 2 aliphatic rings. The number of nitrogens with one attached hydrogen (secondary N) is 1. The van der Waals surface area contributed by atoms with Crippen LogP contribution in [0.5, 0.6) is 0 Å². The van der Waals surface area contributed by atoms with E-state index in [1.165, 1.54) is 5.56 Å². The molecule has 4 rings (SSSR count). The number of nitrogens with zero attached hydrogens (tertiary/aromatic N) is 3. The molecule has 2 aromatic heterocycles. The Morgan fingerprint density at radius 2 is 2.04 bits per heavy atom. The lowest BCUT2D eigenvalue weighted by atomic mass is 10.1. The summed E-state index contributed by atoms with van der Waals surface area (Å²) in [5.41, 5.74) is 3.02. The summed E-state index contributed by atoms with van der Waals surface area (Å²) >= 11 is 0. The lowest BCUT2D eigenvalue weighted by Gasteiger charge is -2.34. The number of hydrogen-bond donors (Lipinski definition) is 1. The van der Waals surface area contributed by atoms with Crippen LogP contribution in [0.25, 0.3) is 11.0 Å². The summed E-state index contributed by atoms with van der Waals surface area (Å²) in [4.78, 5) is 23.7. The highest BCUT2D eigenvalue weighted by Crippen LogP contribution is 2.29. The molecule has 1 atom stereocenters. The van der Waals surface area contributed by atoms with Crippen LogP contribution in [0.1, 0.15) is 36.9 Å². The Kier molecular flexibility index (Phi) is 3.87. The molecule has 1 amide bonds. The van der Waals surface area contributed by atoms with E-state index in [4.69, 9.17) is 4.98 Å². The molecule has 126 valence electrons. The first-order valence-electron chi connectivity index (χ1n) is 8.90. The zero-order chi connectivity index (χ0) is 16.7. The largest absolute Gasteiger partial charge is 0.354 e. The van der Waals surface area contributed by atoms with E-state index in [1.54, 1.807) is 0 Å². The van der Waals surface area contributed by atoms with Crippen LogP contribution in [0, 0.1) is 19.8 Å². The zero-order valence-corrected chi connectivity index (χ0v) is 14.4. The predicted octanol–water partition coefficient (Wildman–Crippen LogP) is 2.74. The summed E-state index contributed by atoms with van der Waals surface area (Å²) in [6, 6.07) is 6.52. The van der Waals surface area contributed by atoms with Crippen molar-refractivity contribution in [3.8, 4) is 0 Å². The van der Waals surface area contributed by atoms with Crippen LogP contribution in [0.2, 0.25) is 0 Å². The second-order valence-electron chi connectivity index (χ2n) is 7.19. The molecule has 1 saturated heterocycles. The van der Waals surface area contributed by atoms with Gasteiger partial charge in [-0.25, -0.2) is 9.97 Å². The van der Waals surface area contributed by atoms with Crippen LogP contribution in [0.4, 0.5) is 5.82 Å². The third kappa shape index (κ3) is 3.07. The topological polar surface area (TPSA) is 58.1 Å². The molecule has 1 aliphatic carbocycles. The van der Waals surface area contributed by atoms with Crippen molar-refractivity contribution in [2.45, 2.75) is 45.6 Å². The highest BCUT2D eigenvalue weighted by molar-refractivity contribution is 5.81. The number of amides is 1. The van der Waals surface area contributed by atoms with E-state index < -0.39 is 0 Å². The first kappa shape index (κ1) is 15.4. The van der Waals surface area contributed by atoms with Gasteiger partial charge in [0.2, 0.25) is 5.91 Å². The first-order chi connectivity index (χ1) is 11.6. The van der Waals surface area contributed by atoms with E-state index in [1.807, 2.05) is 6.92 Å². The third-order valence-corrected chi connectivity index (χ3v) is 5.03. The monoisotopic (exact) mass is 324 g/mol. The fourth-order valence-electron chi connectivity index (χ4n) is 3.57. The Bertz CT molecular complexity index is 784. The van der Waals surface area contributed by atoms with Gasteiger partial charge >= 0.3 is 0 Å². The van der Waals surface area contributed by atoms with Crippen molar-refractivity contribution in [3.63, 3.8) is 0 Å². The van der Waals surface area contributed by atoms with Crippen molar-refractivity contribution >= 4 is 22.8 Å². The lowest BCUT2D eigenvalue weighted by molar-refractivity contribution is -0.123. The molecule has 0 radical (unpaired) electrons. The second kappa shape index (κ2) is 6.04. The van der Waals surface area contributed by atoms with E-state index in [2.05, 4.69) is 40.3 Å². The fourth-order valence-corrected chi connectivity index (χ4v) is 3.57. The van der Waals surface area contributed by atoms with Gasteiger partial charge in [0.25, 0.3) is 0 Å². The van der Waals surface area contributed by atoms with Crippen LogP contribution in [0.3, 0.4) is 0 Å². The molecule has 2 aromatic rings. The Morgan fingerprint density at radius 1 is 1.21 bits per heavy atom. The van der Waals surface area contributed by atoms with Gasteiger partial charge in [-0.3, -0.25) is 4.79 Å². The van der Waals surface area contributed by atoms with Crippen LogP contribution in [-0.4, -0.2) is 35.0 Å². The van der Waals surface area contributed by atoms with Crippen molar-refractivity contribution in [1.82, 2.24) is 15.3 Å². The summed E-state index contributed by atoms with van der Waals surface area (Å²) in [6.07, 6.45) is 4.24. The quantitative estimate of drug-likeness (QED) is 0.943. The standard InChI is InChI=1S/C19H24N4O/c1-12-10-13(2)20-18-16(12)7-8-17(22-18)23-9-3-4-15(11-23)21-19(24)14-5-6-14/h7-8,10,14-15H,3-6,9,11H2,1-2H3,(H,21,24). The van der Waals surface area contributed by atoms with Gasteiger partial charge in [-0.1, -0.05) is 0 Å². The number of aromatic nitrogens is 2. The van der Waals surface area contributed by atoms with E-state index >= 15 is 0 Å². The van der Waals surface area contributed by atoms with Crippen LogP contribution < -0.4 is 10.2 Å². The smallest absolute Gasteiger partial charge is 0.223 e. The number of rotatable bonds is 3. The Balaban J connectivity index is 1.53. The first-order valence-corrected chi connectivity index (χ1v) is 8.90. The molecule has 0 bridgehead atoms. The second-order valence-corrected chi connectivity index (χ2v) is 7.19. The van der Waals surface area contributed by atoms with Gasteiger partial charge in [-0.05, 0) is 63.3 Å². The number of aryl methyl sites for hydroxylation is 2. The van der Waals surface area contributed by atoms with Crippen molar-refractivity contribution < 1.29 is 4.79 Å². The molecule has 5 heteroatoms. The molecule has 1 saturated carbocycles. The van der Waals surface area contributed by atoms with Crippen molar-refractivity contribution in [3.05, 3.63) is 29.5 Å². The predicted molar refractivity (Wildman–Crippen MR) is 95.1 cm³/mol. The number of fused-ring (bicyclic) bond motifs is 1. The minimum atomic E-state index is 0.233. The fraction of sp³-hybridized carbons (Fsp3) is 0.526. The average Bonchev–Trinajstić information content (AvgIpc) is 3.39. The third-order valence-electron chi connectivity index (χ3n) is 5.03. The molecule has 0 spiro atoms. The Labute approximate surface area is 142 Å². The maximum atomic E-state index is 12.0. The van der Waals surface area contributed by atoms with E-state index in [-0.39, 0.29) is 17.9 Å². The molecular weight excluding hydrogens is 300 g/mol. The minimum absolute atomic E-state index is 0.233. The Hall–Kier alpha value is -2.17. The molecule has 3 heterocycles. The SMILES string of the molecule is Cc1cc(C)c2ccc(N3CCCC(NC(=O)C4CC4)C3)nc2n1. The molecule has 2 fully saturated rings. The van der Waals surface area contributed by atoms with Crippen molar-refractivity contribution in [2.24, 2.45) is 5.92 Å². The number of carbonyl (C=O) groups excluding carboxylic acids is 1. The van der Waals surface area contributed by atoms with Gasteiger partial charge in [-0.2, -0.15) is 0 Å². The van der Waals surface area contributed by atoms with Gasteiger partial charge in [0.1, 0.15) is 5.82 Å². The molecule has 24 heavy (non-hydrogen) atoms. The normalized spacial score (nSPS) is 21.1. The van der Waals surface area contributed by atoms with Gasteiger partial charge < -0.3 is 10.2 Å². The highest BCUT2D eigenvalue weighted by atomic mass is 16.2. The van der Waals surface area contributed by atoms with Gasteiger partial charge in [-0.15, -0.1) is 0 Å². The van der Waals surface area contributed by atoms with E-state index in [0.717, 1.165) is 61.3 Å². The highest BCUT2D eigenvalue weighted by Gasteiger charge is 2.32. The van der Waals surface area contributed by atoms with Gasteiger partial charge in [0, 0.05) is 36.1 Å². The van der Waals surface area contributed by atoms with Crippen LogP contribution in [0.15, 0.2) is 18.2 Å². The maximum Gasteiger partial charge on any atom is 0.223 e. The van der Waals surface area contributed by atoms with Gasteiger partial charge in [0.15, 0.2) is 5.65 Å². The number of hydrogen-bond acceptors (Lipinski definition) is 4. The van der Waals surface area contributed by atoms with Crippen LogP contribution >= 0.6 is 0 Å². The van der Waals surface area contributed by atoms with E-state index in [0.29, 0.717) is 0 Å². The molecular formula is C19H24N4O. The van der Waals surface area contributed by atoms with Crippen LogP contribution in [-0.2, 0) is 4.79 Å². The van der Waals surface area contributed by atoms with E-state index in [9.17, 15) is 4.79 Å². The number of piperidine rings is 1. The number of carbonyl (C=O) groups is 1. The summed E-state index contributed by atoms with van der Waals surface area (Å²) in [6.45, 7) is 5.93. The van der Waals surface area contributed by atoms with Crippen molar-refractivity contribution in [2.75, 3.05) is 18.0 Å². The van der Waals surface area contributed by atoms with Gasteiger partial charge in [0.05, 0.1) is 0 Å². The summed E-state index contributed by atoms with van der Waals surface area (Å²) in [5.74, 6) is 1.47. The zero-order valence-electron chi connectivity index (χ0n) is 14.4. The molecule has 1 N–H and O–H groups in total. The Morgan fingerprint density at radius 3 is 2.83 bits per heavy atom. The number of pyridine rings is 2. The van der Waals surface area contributed by atoms with Crippen molar-refractivity contribution in [1.29, 1.82) is 0 Å². The average molecular weight is 324 g/mol. The summed E-state index contributed by atoms with van der Waals surface area (Å²) < 4.78 is 0. The maximum absolute atomic E-state index is 12.0. The molecule has 1 aliphatic heterocycles. The molecule has 0 aromatic carbocycles.